The highest BCUT2D eigenvalue weighted by Crippen LogP contribution is 2.32. The summed E-state index contributed by atoms with van der Waals surface area (Å²) in [5.41, 5.74) is 0. The fourth-order valence-corrected chi connectivity index (χ4v) is 2.91. The quantitative estimate of drug-likeness (QED) is 0.803. The molecular formula is C18H22FN3O3. The van der Waals surface area contributed by atoms with E-state index < -0.39 is 0 Å². The zero-order valence-corrected chi connectivity index (χ0v) is 14.4. The van der Waals surface area contributed by atoms with Gasteiger partial charge in [-0.15, -0.1) is 0 Å². The van der Waals surface area contributed by atoms with E-state index >= 15 is 0 Å². The van der Waals surface area contributed by atoms with E-state index in [9.17, 15) is 9.18 Å². The monoisotopic (exact) mass is 347 g/mol. The Hall–Kier alpha value is -2.44. The molecule has 0 aliphatic carbocycles. The normalized spacial score (nSPS) is 17.3. The lowest BCUT2D eigenvalue weighted by molar-refractivity contribution is -0.135. The van der Waals surface area contributed by atoms with Crippen LogP contribution in [0.25, 0.3) is 0 Å². The SMILES string of the molecule is CC(C)C(=O)N1CCCC1c1nc(CCOc2ccc(F)cc2)no1. The summed E-state index contributed by atoms with van der Waals surface area (Å²) in [6.07, 6.45) is 2.26. The molecule has 2 aromatic rings. The molecule has 2 heterocycles. The van der Waals surface area contributed by atoms with Crippen LogP contribution in [0.15, 0.2) is 28.8 Å². The smallest absolute Gasteiger partial charge is 0.249 e. The third kappa shape index (κ3) is 4.15. The van der Waals surface area contributed by atoms with Crippen LogP contribution in [0.5, 0.6) is 5.75 Å². The highest BCUT2D eigenvalue weighted by molar-refractivity contribution is 5.78. The third-order valence-corrected chi connectivity index (χ3v) is 4.21. The number of hydrogen-bond donors (Lipinski definition) is 0. The van der Waals surface area contributed by atoms with Gasteiger partial charge < -0.3 is 14.2 Å². The summed E-state index contributed by atoms with van der Waals surface area (Å²) in [6.45, 7) is 4.88. The first kappa shape index (κ1) is 17.4. The molecule has 25 heavy (non-hydrogen) atoms. The molecule has 134 valence electrons. The predicted molar refractivity (Wildman–Crippen MR) is 88.4 cm³/mol. The number of amides is 1. The first-order chi connectivity index (χ1) is 12.0. The summed E-state index contributed by atoms with van der Waals surface area (Å²) in [5.74, 6) is 1.39. The Labute approximate surface area is 146 Å². The zero-order chi connectivity index (χ0) is 17.8. The maximum absolute atomic E-state index is 12.8. The number of hydrogen-bond acceptors (Lipinski definition) is 5. The molecule has 1 unspecified atom stereocenters. The molecule has 0 bridgehead atoms. The fraction of sp³-hybridized carbons (Fsp3) is 0.500. The van der Waals surface area contributed by atoms with Crippen LogP contribution >= 0.6 is 0 Å². The largest absolute Gasteiger partial charge is 0.493 e. The molecule has 1 aromatic heterocycles. The van der Waals surface area contributed by atoms with E-state index in [2.05, 4.69) is 10.1 Å². The average molecular weight is 347 g/mol. The van der Waals surface area contributed by atoms with Gasteiger partial charge in [0.1, 0.15) is 17.6 Å². The van der Waals surface area contributed by atoms with E-state index in [-0.39, 0.29) is 23.7 Å². The molecule has 1 amide bonds. The van der Waals surface area contributed by atoms with Crippen molar-refractivity contribution in [2.75, 3.05) is 13.2 Å². The minimum Gasteiger partial charge on any atom is -0.493 e. The summed E-state index contributed by atoms with van der Waals surface area (Å²) < 4.78 is 23.8. The number of ether oxygens (including phenoxy) is 1. The summed E-state index contributed by atoms with van der Waals surface area (Å²) >= 11 is 0. The Morgan fingerprint density at radius 3 is 2.88 bits per heavy atom. The minimum atomic E-state index is -0.299. The van der Waals surface area contributed by atoms with E-state index in [1.165, 1.54) is 12.1 Å². The maximum atomic E-state index is 12.8. The van der Waals surface area contributed by atoms with Crippen LogP contribution in [-0.2, 0) is 11.2 Å². The van der Waals surface area contributed by atoms with Crippen LogP contribution in [0, 0.1) is 11.7 Å². The van der Waals surface area contributed by atoms with E-state index in [0.717, 1.165) is 19.4 Å². The van der Waals surface area contributed by atoms with Crippen molar-refractivity contribution in [3.63, 3.8) is 0 Å². The third-order valence-electron chi connectivity index (χ3n) is 4.21. The first-order valence-corrected chi connectivity index (χ1v) is 8.56. The molecule has 3 rings (SSSR count). The second kappa shape index (κ2) is 7.63. The summed E-state index contributed by atoms with van der Waals surface area (Å²) in [5, 5.41) is 3.98. The number of likely N-dealkylation sites (tertiary alicyclic amines) is 1. The van der Waals surface area contributed by atoms with Crippen molar-refractivity contribution >= 4 is 5.91 Å². The molecule has 0 saturated carbocycles. The Morgan fingerprint density at radius 1 is 1.40 bits per heavy atom. The Kier molecular flexibility index (Phi) is 5.31. The molecule has 1 aliphatic heterocycles. The Bertz CT molecular complexity index is 715. The van der Waals surface area contributed by atoms with Crippen LogP contribution < -0.4 is 4.74 Å². The van der Waals surface area contributed by atoms with E-state index in [4.69, 9.17) is 9.26 Å². The lowest BCUT2D eigenvalue weighted by atomic mass is 10.1. The first-order valence-electron chi connectivity index (χ1n) is 8.56. The lowest BCUT2D eigenvalue weighted by Gasteiger charge is -2.23. The highest BCUT2D eigenvalue weighted by Gasteiger charge is 2.34. The fourth-order valence-electron chi connectivity index (χ4n) is 2.91. The highest BCUT2D eigenvalue weighted by atomic mass is 19.1. The number of nitrogens with zero attached hydrogens (tertiary/aromatic N) is 3. The summed E-state index contributed by atoms with van der Waals surface area (Å²) in [4.78, 5) is 18.5. The van der Waals surface area contributed by atoms with Crippen LogP contribution in [0.3, 0.4) is 0 Å². The van der Waals surface area contributed by atoms with Gasteiger partial charge in [0.05, 0.1) is 6.61 Å². The lowest BCUT2D eigenvalue weighted by Crippen LogP contribution is -2.33. The molecule has 6 nitrogen and oxygen atoms in total. The summed E-state index contributed by atoms with van der Waals surface area (Å²) in [6, 6.07) is 5.72. The Balaban J connectivity index is 1.56. The predicted octanol–water partition coefficient (Wildman–Crippen LogP) is 3.15. The topological polar surface area (TPSA) is 68.5 Å². The molecule has 1 atom stereocenters. The maximum Gasteiger partial charge on any atom is 0.249 e. The molecule has 0 N–H and O–H groups in total. The van der Waals surface area contributed by atoms with Gasteiger partial charge in [0.2, 0.25) is 11.8 Å². The van der Waals surface area contributed by atoms with Gasteiger partial charge in [-0.2, -0.15) is 4.98 Å². The molecule has 1 aromatic carbocycles. The van der Waals surface area contributed by atoms with Gasteiger partial charge >= 0.3 is 0 Å². The number of rotatable bonds is 6. The van der Waals surface area contributed by atoms with Gasteiger partial charge in [-0.1, -0.05) is 19.0 Å². The second-order valence-corrected chi connectivity index (χ2v) is 6.45. The zero-order valence-electron chi connectivity index (χ0n) is 14.4. The van der Waals surface area contributed by atoms with Crippen LogP contribution in [0.4, 0.5) is 4.39 Å². The minimum absolute atomic E-state index is 0.0490. The van der Waals surface area contributed by atoms with Gasteiger partial charge in [0.15, 0.2) is 5.82 Å². The molecule has 7 heteroatoms. The molecule has 1 saturated heterocycles. The number of aromatic nitrogens is 2. The van der Waals surface area contributed by atoms with Crippen molar-refractivity contribution in [1.29, 1.82) is 0 Å². The Morgan fingerprint density at radius 2 is 2.16 bits per heavy atom. The van der Waals surface area contributed by atoms with Crippen molar-refractivity contribution in [3.8, 4) is 5.75 Å². The molecule has 0 radical (unpaired) electrons. The number of benzene rings is 1. The van der Waals surface area contributed by atoms with Crippen molar-refractivity contribution < 1.29 is 18.4 Å². The van der Waals surface area contributed by atoms with Crippen LogP contribution in [0.2, 0.25) is 0 Å². The van der Waals surface area contributed by atoms with E-state index in [1.54, 1.807) is 12.1 Å². The summed E-state index contributed by atoms with van der Waals surface area (Å²) in [7, 11) is 0. The van der Waals surface area contributed by atoms with Gasteiger partial charge in [-0.05, 0) is 37.1 Å². The van der Waals surface area contributed by atoms with Gasteiger partial charge in [0.25, 0.3) is 0 Å². The molecule has 1 aliphatic rings. The van der Waals surface area contributed by atoms with Gasteiger partial charge in [-0.25, -0.2) is 4.39 Å². The van der Waals surface area contributed by atoms with Crippen molar-refractivity contribution in [2.24, 2.45) is 5.92 Å². The average Bonchev–Trinajstić information content (AvgIpc) is 3.24. The van der Waals surface area contributed by atoms with Crippen LogP contribution in [0.1, 0.15) is 44.4 Å². The molecule has 0 spiro atoms. The van der Waals surface area contributed by atoms with E-state index in [1.807, 2.05) is 18.7 Å². The van der Waals surface area contributed by atoms with Crippen molar-refractivity contribution in [3.05, 3.63) is 41.8 Å². The molecular weight excluding hydrogens is 325 g/mol. The number of carbonyl (C=O) groups is 1. The number of halogens is 1. The second-order valence-electron chi connectivity index (χ2n) is 6.45. The van der Waals surface area contributed by atoms with Crippen molar-refractivity contribution in [2.45, 2.75) is 39.2 Å². The molecule has 1 fully saturated rings. The van der Waals surface area contributed by atoms with Crippen LogP contribution in [-0.4, -0.2) is 34.1 Å². The van der Waals surface area contributed by atoms with Gasteiger partial charge in [0, 0.05) is 18.9 Å². The van der Waals surface area contributed by atoms with Gasteiger partial charge in [-0.3, -0.25) is 4.79 Å². The van der Waals surface area contributed by atoms with E-state index in [0.29, 0.717) is 30.5 Å². The number of carbonyl (C=O) groups excluding carboxylic acids is 1. The standard InChI is InChI=1S/C18H22FN3O3/c1-12(2)18(23)22-10-3-4-15(22)17-20-16(21-25-17)9-11-24-14-7-5-13(19)6-8-14/h5-8,12,15H,3-4,9-11H2,1-2H3. The van der Waals surface area contributed by atoms with Crippen molar-refractivity contribution in [1.82, 2.24) is 15.0 Å².